The first-order valence-corrected chi connectivity index (χ1v) is 12.1. The van der Waals surface area contributed by atoms with Gasteiger partial charge in [-0.25, -0.2) is 0 Å². The van der Waals surface area contributed by atoms with E-state index >= 15 is 0 Å². The third-order valence-corrected chi connectivity index (χ3v) is 7.18. The Morgan fingerprint density at radius 3 is 2.41 bits per heavy atom. The average Bonchev–Trinajstić information content (AvgIpc) is 2.89. The van der Waals surface area contributed by atoms with Crippen LogP contribution in [0.15, 0.2) is 72.8 Å². The van der Waals surface area contributed by atoms with E-state index in [1.807, 2.05) is 47.4 Å². The van der Waals surface area contributed by atoms with Gasteiger partial charge in [0.05, 0.1) is 11.3 Å². The van der Waals surface area contributed by atoms with E-state index in [9.17, 15) is 4.79 Å². The van der Waals surface area contributed by atoms with Crippen LogP contribution in [-0.4, -0.2) is 49.3 Å². The highest BCUT2D eigenvalue weighted by Crippen LogP contribution is 2.43. The maximum atomic E-state index is 13.9. The molecule has 0 bridgehead atoms. The number of benzene rings is 3. The summed E-state index contributed by atoms with van der Waals surface area (Å²) in [4.78, 5) is 18.3. The third-order valence-electron chi connectivity index (χ3n) is 7.18. The number of para-hydroxylation sites is 1. The summed E-state index contributed by atoms with van der Waals surface area (Å²) in [6, 6.07) is 24.3. The summed E-state index contributed by atoms with van der Waals surface area (Å²) in [7, 11) is 0. The summed E-state index contributed by atoms with van der Waals surface area (Å²) in [6.07, 6.45) is 2.72. The van der Waals surface area contributed by atoms with Crippen molar-refractivity contribution < 1.29 is 14.3 Å². The number of amides is 1. The van der Waals surface area contributed by atoms with Crippen LogP contribution in [0.3, 0.4) is 0 Å². The van der Waals surface area contributed by atoms with Gasteiger partial charge in [0.15, 0.2) is 11.5 Å². The van der Waals surface area contributed by atoms with Crippen molar-refractivity contribution in [3.05, 3.63) is 83.9 Å². The molecular formula is C28H29N3O3. The van der Waals surface area contributed by atoms with E-state index in [-0.39, 0.29) is 5.91 Å². The molecule has 6 heteroatoms. The molecule has 1 saturated heterocycles. The molecular weight excluding hydrogens is 426 g/mol. The molecule has 0 atom stereocenters. The number of hydrogen-bond donors (Lipinski definition) is 1. The van der Waals surface area contributed by atoms with Gasteiger partial charge in [-0.2, -0.15) is 0 Å². The normalized spacial score (nSPS) is 18.9. The Morgan fingerprint density at radius 1 is 0.853 bits per heavy atom. The van der Waals surface area contributed by atoms with Crippen LogP contribution in [0.2, 0.25) is 0 Å². The van der Waals surface area contributed by atoms with Crippen LogP contribution in [0.1, 0.15) is 28.8 Å². The van der Waals surface area contributed by atoms with Gasteiger partial charge in [-0.3, -0.25) is 9.69 Å². The predicted molar refractivity (Wildman–Crippen MR) is 133 cm³/mol. The highest BCUT2D eigenvalue weighted by molar-refractivity contribution is 6.13. The van der Waals surface area contributed by atoms with Crippen molar-refractivity contribution in [3.63, 3.8) is 0 Å². The molecule has 0 radical (unpaired) electrons. The first kappa shape index (κ1) is 21.1. The highest BCUT2D eigenvalue weighted by Gasteiger charge is 2.47. The number of carbonyl (C=O) groups excluding carboxylic acids is 1. The molecule has 0 saturated carbocycles. The molecule has 1 N–H and O–H groups in total. The lowest BCUT2D eigenvalue weighted by atomic mass is 9.89. The van der Waals surface area contributed by atoms with E-state index in [0.29, 0.717) is 24.5 Å². The SMILES string of the molecule is O=C1c2ccccc2NC2(CCN(CCc3ccccc3)CC2)N1c1ccc2c(c1)OCCO2. The molecule has 3 aliphatic heterocycles. The number of fused-ring (bicyclic) bond motifs is 2. The van der Waals surface area contributed by atoms with Gasteiger partial charge in [-0.1, -0.05) is 42.5 Å². The number of carbonyl (C=O) groups is 1. The van der Waals surface area contributed by atoms with Gasteiger partial charge in [-0.05, 0) is 36.2 Å². The van der Waals surface area contributed by atoms with Crippen LogP contribution < -0.4 is 19.7 Å². The summed E-state index contributed by atoms with van der Waals surface area (Å²) >= 11 is 0. The molecule has 3 aromatic carbocycles. The second-order valence-electron chi connectivity index (χ2n) is 9.25. The van der Waals surface area contributed by atoms with Crippen LogP contribution in [0.5, 0.6) is 11.5 Å². The Labute approximate surface area is 200 Å². The first-order chi connectivity index (χ1) is 16.7. The topological polar surface area (TPSA) is 54.0 Å². The zero-order valence-electron chi connectivity index (χ0n) is 19.2. The summed E-state index contributed by atoms with van der Waals surface area (Å²) in [5.74, 6) is 1.47. The number of anilines is 2. The molecule has 0 unspecified atom stereocenters. The van der Waals surface area contributed by atoms with Crippen molar-refractivity contribution in [2.75, 3.05) is 43.1 Å². The Hall–Kier alpha value is -3.51. The average molecular weight is 456 g/mol. The van der Waals surface area contributed by atoms with Crippen molar-refractivity contribution in [1.82, 2.24) is 4.90 Å². The number of piperidine rings is 1. The number of rotatable bonds is 4. The van der Waals surface area contributed by atoms with E-state index in [4.69, 9.17) is 9.47 Å². The fraction of sp³-hybridized carbons (Fsp3) is 0.321. The van der Waals surface area contributed by atoms with Gasteiger partial charge >= 0.3 is 0 Å². The van der Waals surface area contributed by atoms with Crippen LogP contribution >= 0.6 is 0 Å². The maximum Gasteiger partial charge on any atom is 0.262 e. The van der Waals surface area contributed by atoms with Crippen molar-refractivity contribution in [1.29, 1.82) is 0 Å². The smallest absolute Gasteiger partial charge is 0.262 e. The van der Waals surface area contributed by atoms with Crippen LogP contribution in [-0.2, 0) is 6.42 Å². The van der Waals surface area contributed by atoms with Crippen molar-refractivity contribution in [2.45, 2.75) is 24.9 Å². The number of nitrogens with zero attached hydrogens (tertiary/aromatic N) is 2. The van der Waals surface area contributed by atoms with Crippen molar-refractivity contribution >= 4 is 17.3 Å². The molecule has 1 spiro atoms. The van der Waals surface area contributed by atoms with Crippen LogP contribution in [0.25, 0.3) is 0 Å². The lowest BCUT2D eigenvalue weighted by molar-refractivity contribution is 0.0908. The van der Waals surface area contributed by atoms with Gasteiger partial charge in [0.1, 0.15) is 18.9 Å². The first-order valence-electron chi connectivity index (χ1n) is 12.1. The Morgan fingerprint density at radius 2 is 1.59 bits per heavy atom. The summed E-state index contributed by atoms with van der Waals surface area (Å²) in [6.45, 7) is 3.95. The van der Waals surface area contributed by atoms with E-state index in [2.05, 4.69) is 40.5 Å². The monoisotopic (exact) mass is 455 g/mol. The minimum Gasteiger partial charge on any atom is -0.486 e. The molecule has 0 aliphatic carbocycles. The maximum absolute atomic E-state index is 13.9. The van der Waals surface area contributed by atoms with Crippen LogP contribution in [0, 0.1) is 0 Å². The molecule has 3 aliphatic rings. The van der Waals surface area contributed by atoms with Gasteiger partial charge < -0.3 is 19.7 Å². The minimum atomic E-state index is -0.474. The van der Waals surface area contributed by atoms with Crippen molar-refractivity contribution in [2.24, 2.45) is 0 Å². The van der Waals surface area contributed by atoms with Gasteiger partial charge in [0, 0.05) is 44.2 Å². The minimum absolute atomic E-state index is 0.0313. The molecule has 1 amide bonds. The fourth-order valence-electron chi connectivity index (χ4n) is 5.36. The number of likely N-dealkylation sites (tertiary alicyclic amines) is 1. The molecule has 6 nitrogen and oxygen atoms in total. The molecule has 34 heavy (non-hydrogen) atoms. The third kappa shape index (κ3) is 3.78. The van der Waals surface area contributed by atoms with E-state index in [1.165, 1.54) is 5.56 Å². The summed E-state index contributed by atoms with van der Waals surface area (Å²) in [5, 5.41) is 3.77. The largest absolute Gasteiger partial charge is 0.486 e. The Balaban J connectivity index is 1.28. The van der Waals surface area contributed by atoms with E-state index in [1.54, 1.807) is 0 Å². The zero-order valence-corrected chi connectivity index (χ0v) is 19.2. The standard InChI is InChI=1S/C28H29N3O3/c32-27-23-8-4-5-9-24(23)29-28(31(27)22-10-11-25-26(20-22)34-19-18-33-25)13-16-30(17-14-28)15-12-21-6-2-1-3-7-21/h1-11,20,29H,12-19H2. The second kappa shape index (κ2) is 8.69. The molecule has 1 fully saturated rings. The molecule has 3 aromatic rings. The van der Waals surface area contributed by atoms with Crippen molar-refractivity contribution in [3.8, 4) is 11.5 Å². The molecule has 174 valence electrons. The van der Waals surface area contributed by atoms with Gasteiger partial charge in [-0.15, -0.1) is 0 Å². The van der Waals surface area contributed by atoms with E-state index < -0.39 is 5.66 Å². The summed E-state index contributed by atoms with van der Waals surface area (Å²) < 4.78 is 11.5. The lowest BCUT2D eigenvalue weighted by Crippen LogP contribution is -2.64. The van der Waals surface area contributed by atoms with E-state index in [0.717, 1.165) is 56.0 Å². The molecule has 0 aromatic heterocycles. The fourth-order valence-corrected chi connectivity index (χ4v) is 5.36. The Bertz CT molecular complexity index is 1190. The molecule has 6 rings (SSSR count). The molecule has 3 heterocycles. The van der Waals surface area contributed by atoms with Gasteiger partial charge in [0.25, 0.3) is 5.91 Å². The number of ether oxygens (including phenoxy) is 2. The second-order valence-corrected chi connectivity index (χ2v) is 9.25. The lowest BCUT2D eigenvalue weighted by Gasteiger charge is -2.52. The Kier molecular flexibility index (Phi) is 5.38. The zero-order chi connectivity index (χ0) is 23.0. The highest BCUT2D eigenvalue weighted by atomic mass is 16.6. The quantitative estimate of drug-likeness (QED) is 0.625. The van der Waals surface area contributed by atoms with Gasteiger partial charge in [0.2, 0.25) is 0 Å². The summed E-state index contributed by atoms with van der Waals surface area (Å²) in [5.41, 5.74) is 3.35. The predicted octanol–water partition coefficient (Wildman–Crippen LogP) is 4.56. The number of nitrogens with one attached hydrogen (secondary N) is 1. The number of hydrogen-bond acceptors (Lipinski definition) is 5. The van der Waals surface area contributed by atoms with Crippen LogP contribution in [0.4, 0.5) is 11.4 Å².